The van der Waals surface area contributed by atoms with E-state index in [4.69, 9.17) is 0 Å². The van der Waals surface area contributed by atoms with E-state index in [0.717, 1.165) is 26.3 Å². The van der Waals surface area contributed by atoms with Crippen LogP contribution in [0.4, 0.5) is 4.79 Å². The molecule has 3 aromatic rings. The highest BCUT2D eigenvalue weighted by atomic mass is 32.2. The zero-order valence-corrected chi connectivity index (χ0v) is 17.1. The molecule has 0 saturated carbocycles. The van der Waals surface area contributed by atoms with Crippen LogP contribution in [0.5, 0.6) is 0 Å². The molecule has 154 valence electrons. The maximum absolute atomic E-state index is 12.7. The number of nitrogens with zero attached hydrogens (tertiary/aromatic N) is 1. The van der Waals surface area contributed by atoms with Gasteiger partial charge in [0.15, 0.2) is 0 Å². The van der Waals surface area contributed by atoms with Crippen LogP contribution in [0.15, 0.2) is 65.7 Å². The summed E-state index contributed by atoms with van der Waals surface area (Å²) in [6.45, 7) is 0.186. The van der Waals surface area contributed by atoms with Gasteiger partial charge >= 0.3 is 6.03 Å². The van der Waals surface area contributed by atoms with Crippen LogP contribution < -0.4 is 10.6 Å². The van der Waals surface area contributed by atoms with Gasteiger partial charge < -0.3 is 15.6 Å². The summed E-state index contributed by atoms with van der Waals surface area (Å²) in [6.07, 6.45) is 2.23. The number of para-hydroxylation sites is 1. The van der Waals surface area contributed by atoms with Crippen molar-refractivity contribution in [1.29, 1.82) is 0 Å². The van der Waals surface area contributed by atoms with Gasteiger partial charge in [0.05, 0.1) is 0 Å². The monoisotopic (exact) mass is 422 g/mol. The van der Waals surface area contributed by atoms with E-state index in [0.29, 0.717) is 18.7 Å². The minimum absolute atomic E-state index is 0.273. The minimum Gasteiger partial charge on any atom is -0.361 e. The first-order valence-electron chi connectivity index (χ1n) is 9.73. The topological polar surface area (TPSA) is 94.3 Å². The van der Waals surface area contributed by atoms with Crippen molar-refractivity contribution in [1.82, 2.24) is 20.5 Å². The number of hydrogen-bond donors (Lipinski definition) is 3. The lowest BCUT2D eigenvalue weighted by Gasteiger charge is -2.13. The molecule has 0 unspecified atom stereocenters. The molecule has 0 radical (unpaired) electrons. The third-order valence-electron chi connectivity index (χ3n) is 4.94. The van der Waals surface area contributed by atoms with Crippen LogP contribution in [0.1, 0.15) is 5.56 Å². The van der Waals surface area contributed by atoms with Gasteiger partial charge in [-0.15, -0.1) is 11.8 Å². The summed E-state index contributed by atoms with van der Waals surface area (Å²) in [5.41, 5.74) is 1.93. The number of aromatic amines is 1. The number of hydrogen-bond acceptors (Lipinski definition) is 4. The molecule has 4 amide bonds. The lowest BCUT2D eigenvalue weighted by Crippen LogP contribution is -2.41. The van der Waals surface area contributed by atoms with Gasteiger partial charge in [-0.1, -0.05) is 36.4 Å². The number of benzene rings is 2. The highest BCUT2D eigenvalue weighted by molar-refractivity contribution is 7.99. The third-order valence-corrected chi connectivity index (χ3v) is 5.96. The number of carbonyl (C=O) groups excluding carboxylic acids is 3. The van der Waals surface area contributed by atoms with Gasteiger partial charge in [-0.25, -0.2) is 4.79 Å². The van der Waals surface area contributed by atoms with E-state index in [2.05, 4.69) is 15.6 Å². The van der Waals surface area contributed by atoms with E-state index in [-0.39, 0.29) is 18.4 Å². The van der Waals surface area contributed by atoms with Crippen molar-refractivity contribution in [2.75, 3.05) is 18.8 Å². The van der Waals surface area contributed by atoms with Gasteiger partial charge in [-0.3, -0.25) is 14.5 Å². The van der Waals surface area contributed by atoms with Crippen LogP contribution in [0.3, 0.4) is 0 Å². The van der Waals surface area contributed by atoms with Crippen LogP contribution in [0, 0.1) is 0 Å². The normalized spacial score (nSPS) is 16.1. The maximum Gasteiger partial charge on any atom is 0.325 e. The molecule has 2 heterocycles. The Morgan fingerprint density at radius 2 is 1.83 bits per heavy atom. The number of fused-ring (bicyclic) bond motifs is 1. The molecule has 1 saturated heterocycles. The molecule has 7 nitrogen and oxygen atoms in total. The average Bonchev–Trinajstić information content (AvgIpc) is 3.28. The van der Waals surface area contributed by atoms with Gasteiger partial charge in [-0.2, -0.15) is 0 Å². The summed E-state index contributed by atoms with van der Waals surface area (Å²) < 4.78 is 0. The van der Waals surface area contributed by atoms with E-state index in [1.807, 2.05) is 60.8 Å². The van der Waals surface area contributed by atoms with Crippen LogP contribution in [0.25, 0.3) is 10.9 Å². The quantitative estimate of drug-likeness (QED) is 0.295. The van der Waals surface area contributed by atoms with Crippen LogP contribution in [-0.4, -0.2) is 52.6 Å². The molecule has 8 heteroatoms. The Morgan fingerprint density at radius 1 is 1.07 bits per heavy atom. The number of carbonyl (C=O) groups is 3. The Balaban J connectivity index is 1.28. The molecule has 3 N–H and O–H groups in total. The molecule has 1 aliphatic rings. The molecule has 1 atom stereocenters. The van der Waals surface area contributed by atoms with Gasteiger partial charge in [0.25, 0.3) is 5.91 Å². The second-order valence-electron chi connectivity index (χ2n) is 7.00. The van der Waals surface area contributed by atoms with E-state index in [1.54, 1.807) is 11.8 Å². The fourth-order valence-corrected chi connectivity index (χ4v) is 4.25. The Bertz CT molecular complexity index is 1070. The highest BCUT2D eigenvalue weighted by Crippen LogP contribution is 2.21. The second-order valence-corrected chi connectivity index (χ2v) is 8.17. The number of amides is 4. The molecule has 1 fully saturated rings. The zero-order valence-electron chi connectivity index (χ0n) is 16.3. The van der Waals surface area contributed by atoms with Crippen molar-refractivity contribution >= 4 is 40.5 Å². The van der Waals surface area contributed by atoms with Gasteiger partial charge in [0.2, 0.25) is 5.91 Å². The molecule has 2 aromatic carbocycles. The van der Waals surface area contributed by atoms with Crippen molar-refractivity contribution in [3.63, 3.8) is 0 Å². The van der Waals surface area contributed by atoms with Crippen molar-refractivity contribution < 1.29 is 14.4 Å². The van der Waals surface area contributed by atoms with E-state index in [1.165, 1.54) is 0 Å². The Morgan fingerprint density at radius 3 is 2.67 bits per heavy atom. The summed E-state index contributed by atoms with van der Waals surface area (Å²) in [6, 6.07) is 16.5. The van der Waals surface area contributed by atoms with E-state index >= 15 is 0 Å². The number of urea groups is 1. The smallest absolute Gasteiger partial charge is 0.325 e. The molecule has 1 aliphatic heterocycles. The predicted molar refractivity (Wildman–Crippen MR) is 116 cm³/mol. The zero-order chi connectivity index (χ0) is 20.9. The number of H-pyrrole nitrogens is 1. The fraction of sp³-hybridized carbons (Fsp3) is 0.227. The van der Waals surface area contributed by atoms with Crippen molar-refractivity contribution in [2.45, 2.75) is 17.4 Å². The molecule has 30 heavy (non-hydrogen) atoms. The van der Waals surface area contributed by atoms with Crippen molar-refractivity contribution in [3.05, 3.63) is 66.4 Å². The van der Waals surface area contributed by atoms with Gasteiger partial charge in [0, 0.05) is 40.7 Å². The predicted octanol–water partition coefficient (Wildman–Crippen LogP) is 2.54. The SMILES string of the molecule is O=C(CN1C(=O)N[C@H](Cc2c[nH]c3ccccc23)C1=O)NCCSc1ccccc1. The fourth-order valence-electron chi connectivity index (χ4n) is 3.46. The summed E-state index contributed by atoms with van der Waals surface area (Å²) in [5.74, 6) is -0.0157. The van der Waals surface area contributed by atoms with Crippen LogP contribution in [0.2, 0.25) is 0 Å². The molecule has 0 spiro atoms. The van der Waals surface area contributed by atoms with Crippen LogP contribution >= 0.6 is 11.8 Å². The Kier molecular flexibility index (Phi) is 6.04. The average molecular weight is 423 g/mol. The summed E-state index contributed by atoms with van der Waals surface area (Å²) in [5, 5.41) is 6.48. The molecular weight excluding hydrogens is 400 g/mol. The van der Waals surface area contributed by atoms with Gasteiger partial charge in [0.1, 0.15) is 12.6 Å². The first kappa shape index (κ1) is 20.0. The minimum atomic E-state index is -0.668. The van der Waals surface area contributed by atoms with Crippen LogP contribution in [-0.2, 0) is 16.0 Å². The first-order chi connectivity index (χ1) is 14.6. The summed E-state index contributed by atoms with van der Waals surface area (Å²) in [7, 11) is 0. The van der Waals surface area contributed by atoms with Gasteiger partial charge in [-0.05, 0) is 23.8 Å². The number of imide groups is 1. The Hall–Kier alpha value is -3.26. The lowest BCUT2D eigenvalue weighted by molar-refractivity contribution is -0.132. The molecule has 0 aliphatic carbocycles. The molecule has 1 aromatic heterocycles. The maximum atomic E-state index is 12.7. The van der Waals surface area contributed by atoms with E-state index < -0.39 is 12.1 Å². The molecular formula is C22H22N4O3S. The third kappa shape index (κ3) is 4.49. The highest BCUT2D eigenvalue weighted by Gasteiger charge is 2.39. The second kappa shape index (κ2) is 9.04. The molecule has 0 bridgehead atoms. The number of thioether (sulfide) groups is 1. The first-order valence-corrected chi connectivity index (χ1v) is 10.7. The number of nitrogens with one attached hydrogen (secondary N) is 3. The summed E-state index contributed by atoms with van der Waals surface area (Å²) in [4.78, 5) is 42.4. The van der Waals surface area contributed by atoms with Crippen molar-refractivity contribution in [3.8, 4) is 0 Å². The standard InChI is InChI=1S/C22H22N4O3S/c27-20(23-10-11-30-16-6-2-1-3-7-16)14-26-21(28)19(25-22(26)29)12-15-13-24-18-9-5-4-8-17(15)18/h1-9,13,19,24H,10-12,14H2,(H,23,27)(H,25,29)/t19-/m1/s1. The number of aromatic nitrogens is 1. The number of rotatable bonds is 8. The van der Waals surface area contributed by atoms with Crippen molar-refractivity contribution in [2.24, 2.45) is 0 Å². The largest absolute Gasteiger partial charge is 0.361 e. The van der Waals surface area contributed by atoms with E-state index in [9.17, 15) is 14.4 Å². The lowest BCUT2D eigenvalue weighted by atomic mass is 10.1. The summed E-state index contributed by atoms with van der Waals surface area (Å²) >= 11 is 1.63. The Labute approximate surface area is 178 Å². The molecule has 4 rings (SSSR count).